The van der Waals surface area contributed by atoms with Gasteiger partial charge in [0.15, 0.2) is 0 Å². The van der Waals surface area contributed by atoms with Crippen LogP contribution in [0.4, 0.5) is 0 Å². The molecule has 0 radical (unpaired) electrons. The van der Waals surface area contributed by atoms with E-state index in [0.717, 1.165) is 17.4 Å². The van der Waals surface area contributed by atoms with Crippen LogP contribution in [0.2, 0.25) is 0 Å². The van der Waals surface area contributed by atoms with Gasteiger partial charge in [-0.05, 0) is 36.6 Å². The minimum absolute atomic E-state index is 0.416. The lowest BCUT2D eigenvalue weighted by molar-refractivity contribution is 0.519. The third-order valence-corrected chi connectivity index (χ3v) is 3.82. The van der Waals surface area contributed by atoms with Gasteiger partial charge in [-0.1, -0.05) is 64.8 Å². The summed E-state index contributed by atoms with van der Waals surface area (Å²) in [7, 11) is 0. The molecule has 0 aromatic heterocycles. The lowest BCUT2D eigenvalue weighted by Gasteiger charge is -2.18. The zero-order chi connectivity index (χ0) is 13.7. The molecule has 0 spiro atoms. The quantitative estimate of drug-likeness (QED) is 0.818. The molecule has 1 unspecified atom stereocenters. The minimum Gasteiger partial charge on any atom is -0.306 e. The Labute approximate surface area is 124 Å². The molecule has 0 amide bonds. The second-order valence-corrected chi connectivity index (χ2v) is 5.80. The predicted molar refractivity (Wildman–Crippen MR) is 85.2 cm³/mol. The Bertz CT molecular complexity index is 519. The fourth-order valence-electron chi connectivity index (χ4n) is 2.18. The van der Waals surface area contributed by atoms with Crippen LogP contribution >= 0.6 is 15.9 Å². The van der Waals surface area contributed by atoms with E-state index in [1.165, 1.54) is 16.7 Å². The molecule has 2 aromatic carbocycles. The van der Waals surface area contributed by atoms with Crippen LogP contribution in [0.5, 0.6) is 0 Å². The van der Waals surface area contributed by atoms with Crippen LogP contribution in [-0.4, -0.2) is 0 Å². The summed E-state index contributed by atoms with van der Waals surface area (Å²) in [4.78, 5) is 0. The lowest BCUT2D eigenvalue weighted by Crippen LogP contribution is -2.20. The normalized spacial score (nSPS) is 12.4. The highest BCUT2D eigenvalue weighted by molar-refractivity contribution is 9.10. The van der Waals surface area contributed by atoms with Crippen molar-refractivity contribution in [2.45, 2.75) is 32.9 Å². The second kappa shape index (κ2) is 6.88. The van der Waals surface area contributed by atoms with E-state index in [2.05, 4.69) is 83.6 Å². The number of hydrogen-bond acceptors (Lipinski definition) is 1. The summed E-state index contributed by atoms with van der Waals surface area (Å²) in [6.45, 7) is 5.24. The summed E-state index contributed by atoms with van der Waals surface area (Å²) < 4.78 is 1.13. The molecule has 0 aliphatic rings. The van der Waals surface area contributed by atoms with Crippen LogP contribution in [-0.2, 0) is 6.54 Å². The zero-order valence-corrected chi connectivity index (χ0v) is 13.1. The summed E-state index contributed by atoms with van der Waals surface area (Å²) in [5.74, 6) is 0. The average molecular weight is 318 g/mol. The number of aryl methyl sites for hydroxylation is 1. The SMILES string of the molecule is CCC(NCc1cccc(Br)c1)c1ccc(C)cc1. The summed E-state index contributed by atoms with van der Waals surface area (Å²) in [6.07, 6.45) is 1.09. The standard InChI is InChI=1S/C17H20BrN/c1-3-17(15-9-7-13(2)8-10-15)19-12-14-5-4-6-16(18)11-14/h4-11,17,19H,3,12H2,1-2H3. The molecule has 0 aliphatic carbocycles. The first-order valence-corrected chi connectivity index (χ1v) is 7.52. The average Bonchev–Trinajstić information content (AvgIpc) is 2.41. The van der Waals surface area contributed by atoms with Gasteiger partial charge < -0.3 is 5.32 Å². The largest absolute Gasteiger partial charge is 0.306 e. The number of halogens is 1. The Balaban J connectivity index is 2.01. The molecule has 2 aromatic rings. The van der Waals surface area contributed by atoms with Crippen molar-refractivity contribution >= 4 is 15.9 Å². The summed E-state index contributed by atoms with van der Waals surface area (Å²) >= 11 is 3.51. The van der Waals surface area contributed by atoms with Gasteiger partial charge in [-0.15, -0.1) is 0 Å². The summed E-state index contributed by atoms with van der Waals surface area (Å²) in [5, 5.41) is 3.63. The van der Waals surface area contributed by atoms with Crippen LogP contribution in [0.25, 0.3) is 0 Å². The van der Waals surface area contributed by atoms with E-state index >= 15 is 0 Å². The predicted octanol–water partition coefficient (Wildman–Crippen LogP) is 5.00. The monoisotopic (exact) mass is 317 g/mol. The fraction of sp³-hybridized carbons (Fsp3) is 0.294. The van der Waals surface area contributed by atoms with Gasteiger partial charge >= 0.3 is 0 Å². The molecular weight excluding hydrogens is 298 g/mol. The topological polar surface area (TPSA) is 12.0 Å². The van der Waals surface area contributed by atoms with Gasteiger partial charge in [-0.3, -0.25) is 0 Å². The maximum atomic E-state index is 3.63. The fourth-order valence-corrected chi connectivity index (χ4v) is 2.63. The van der Waals surface area contributed by atoms with E-state index in [9.17, 15) is 0 Å². The molecule has 0 saturated heterocycles. The number of hydrogen-bond donors (Lipinski definition) is 1. The highest BCUT2D eigenvalue weighted by atomic mass is 79.9. The Morgan fingerprint density at radius 3 is 2.47 bits per heavy atom. The van der Waals surface area contributed by atoms with E-state index in [4.69, 9.17) is 0 Å². The van der Waals surface area contributed by atoms with E-state index in [-0.39, 0.29) is 0 Å². The molecule has 100 valence electrons. The molecule has 19 heavy (non-hydrogen) atoms. The molecule has 1 nitrogen and oxygen atoms in total. The minimum atomic E-state index is 0.416. The van der Waals surface area contributed by atoms with Crippen LogP contribution in [0.1, 0.15) is 36.1 Å². The molecule has 2 heteroatoms. The van der Waals surface area contributed by atoms with Gasteiger partial charge in [0.2, 0.25) is 0 Å². The second-order valence-electron chi connectivity index (χ2n) is 4.88. The van der Waals surface area contributed by atoms with Crippen LogP contribution < -0.4 is 5.32 Å². The van der Waals surface area contributed by atoms with Crippen LogP contribution in [0.3, 0.4) is 0 Å². The van der Waals surface area contributed by atoms with Crippen molar-refractivity contribution in [2.75, 3.05) is 0 Å². The van der Waals surface area contributed by atoms with E-state index < -0.39 is 0 Å². The van der Waals surface area contributed by atoms with E-state index in [1.807, 2.05) is 0 Å². The molecule has 0 saturated carbocycles. The van der Waals surface area contributed by atoms with Crippen molar-refractivity contribution in [3.05, 3.63) is 69.7 Å². The first-order chi connectivity index (χ1) is 9.19. The molecule has 1 N–H and O–H groups in total. The van der Waals surface area contributed by atoms with Crippen molar-refractivity contribution < 1.29 is 0 Å². The Hall–Kier alpha value is -1.12. The van der Waals surface area contributed by atoms with Crippen LogP contribution in [0.15, 0.2) is 53.0 Å². The molecule has 0 bridgehead atoms. The van der Waals surface area contributed by atoms with Crippen LogP contribution in [0, 0.1) is 6.92 Å². The van der Waals surface area contributed by atoms with E-state index in [0.29, 0.717) is 6.04 Å². The first kappa shape index (κ1) is 14.3. The van der Waals surface area contributed by atoms with Gasteiger partial charge in [0, 0.05) is 17.1 Å². The van der Waals surface area contributed by atoms with Crippen molar-refractivity contribution in [1.82, 2.24) is 5.32 Å². The Morgan fingerprint density at radius 2 is 1.84 bits per heavy atom. The van der Waals surface area contributed by atoms with Crippen molar-refractivity contribution in [2.24, 2.45) is 0 Å². The molecular formula is C17H20BrN. The van der Waals surface area contributed by atoms with Gasteiger partial charge in [-0.2, -0.15) is 0 Å². The number of rotatable bonds is 5. The highest BCUT2D eigenvalue weighted by Crippen LogP contribution is 2.18. The Kier molecular flexibility index (Phi) is 5.17. The van der Waals surface area contributed by atoms with Crippen molar-refractivity contribution in [3.63, 3.8) is 0 Å². The smallest absolute Gasteiger partial charge is 0.0320 e. The van der Waals surface area contributed by atoms with Gasteiger partial charge in [0.05, 0.1) is 0 Å². The molecule has 0 heterocycles. The Morgan fingerprint density at radius 1 is 1.11 bits per heavy atom. The maximum Gasteiger partial charge on any atom is 0.0320 e. The molecule has 1 atom stereocenters. The molecule has 0 fully saturated rings. The van der Waals surface area contributed by atoms with Gasteiger partial charge in [0.1, 0.15) is 0 Å². The number of benzene rings is 2. The summed E-state index contributed by atoms with van der Waals surface area (Å²) in [5.41, 5.74) is 3.98. The first-order valence-electron chi connectivity index (χ1n) is 6.73. The van der Waals surface area contributed by atoms with Gasteiger partial charge in [0.25, 0.3) is 0 Å². The maximum absolute atomic E-state index is 3.63. The van der Waals surface area contributed by atoms with E-state index in [1.54, 1.807) is 0 Å². The molecule has 2 rings (SSSR count). The molecule has 0 aliphatic heterocycles. The van der Waals surface area contributed by atoms with Gasteiger partial charge in [-0.25, -0.2) is 0 Å². The third-order valence-electron chi connectivity index (χ3n) is 3.33. The van der Waals surface area contributed by atoms with Crippen molar-refractivity contribution in [3.8, 4) is 0 Å². The lowest BCUT2D eigenvalue weighted by atomic mass is 10.0. The zero-order valence-electron chi connectivity index (χ0n) is 11.5. The number of nitrogens with one attached hydrogen (secondary N) is 1. The third kappa shape index (κ3) is 4.19. The van der Waals surface area contributed by atoms with Crippen molar-refractivity contribution in [1.29, 1.82) is 0 Å². The highest BCUT2D eigenvalue weighted by Gasteiger charge is 2.08. The summed E-state index contributed by atoms with van der Waals surface area (Å²) in [6, 6.07) is 17.7.